The lowest BCUT2D eigenvalue weighted by Crippen LogP contribution is -2.38. The summed E-state index contributed by atoms with van der Waals surface area (Å²) in [6, 6.07) is 5.53. The number of methoxy groups -OCH3 is 1. The fourth-order valence-electron chi connectivity index (χ4n) is 1.97. The van der Waals surface area contributed by atoms with Gasteiger partial charge in [0.25, 0.3) is 0 Å². The van der Waals surface area contributed by atoms with E-state index in [0.717, 1.165) is 5.56 Å². The van der Waals surface area contributed by atoms with Gasteiger partial charge in [-0.2, -0.15) is 0 Å². The number of benzene rings is 1. The molecule has 1 aromatic carbocycles. The molecule has 0 radical (unpaired) electrons. The van der Waals surface area contributed by atoms with Crippen LogP contribution in [-0.4, -0.2) is 37.5 Å². The third-order valence-electron chi connectivity index (χ3n) is 3.35. The quantitative estimate of drug-likeness (QED) is 0.864. The monoisotopic (exact) mass is 280 g/mol. The van der Waals surface area contributed by atoms with Crippen molar-refractivity contribution in [2.24, 2.45) is 5.41 Å². The van der Waals surface area contributed by atoms with Crippen molar-refractivity contribution >= 4 is 5.97 Å². The zero-order valence-corrected chi connectivity index (χ0v) is 12.0. The highest BCUT2D eigenvalue weighted by molar-refractivity contribution is 5.74. The molecule has 20 heavy (non-hydrogen) atoms. The summed E-state index contributed by atoms with van der Waals surface area (Å²) in [5.41, 5.74) is 0.0984. The number of carboxylic acid groups (broad SMARTS) is 1. The van der Waals surface area contributed by atoms with Crippen molar-refractivity contribution in [1.29, 1.82) is 0 Å². The average Bonchev–Trinajstić information content (AvgIpc) is 2.34. The summed E-state index contributed by atoms with van der Waals surface area (Å²) in [6.45, 7) is 4.60. The maximum absolute atomic E-state index is 11.2. The number of rotatable bonds is 6. The lowest BCUT2D eigenvalue weighted by molar-refractivity contribution is -0.146. The molecule has 0 amide bonds. The summed E-state index contributed by atoms with van der Waals surface area (Å²) in [4.78, 5) is 11.2. The maximum atomic E-state index is 11.2. The Hall–Kier alpha value is -1.75. The highest BCUT2D eigenvalue weighted by Gasteiger charge is 2.28. The summed E-state index contributed by atoms with van der Waals surface area (Å²) in [7, 11) is 1.57. The van der Waals surface area contributed by atoms with Gasteiger partial charge in [0, 0.05) is 0 Å². The van der Waals surface area contributed by atoms with E-state index in [1.807, 2.05) is 18.2 Å². The molecule has 1 aromatic rings. The van der Waals surface area contributed by atoms with E-state index in [2.05, 4.69) is 0 Å². The molecule has 1 N–H and O–H groups in total. The van der Waals surface area contributed by atoms with Crippen LogP contribution in [0.25, 0.3) is 0 Å². The Morgan fingerprint density at radius 1 is 1.40 bits per heavy atom. The molecule has 1 aliphatic rings. The molecule has 5 heteroatoms. The molecule has 0 spiro atoms. The van der Waals surface area contributed by atoms with Crippen LogP contribution >= 0.6 is 0 Å². The van der Waals surface area contributed by atoms with Gasteiger partial charge in [-0.3, -0.25) is 4.79 Å². The van der Waals surface area contributed by atoms with E-state index in [1.165, 1.54) is 0 Å². The first-order valence-corrected chi connectivity index (χ1v) is 6.57. The SMILES string of the molecule is COc1cc(CC(C)(C)C(=O)O)ccc1OC1COC1. The first-order valence-electron chi connectivity index (χ1n) is 6.57. The van der Waals surface area contributed by atoms with Gasteiger partial charge < -0.3 is 19.3 Å². The van der Waals surface area contributed by atoms with Gasteiger partial charge in [-0.1, -0.05) is 6.07 Å². The Kier molecular flexibility index (Phi) is 4.18. The molecule has 0 unspecified atom stereocenters. The largest absolute Gasteiger partial charge is 0.493 e. The van der Waals surface area contributed by atoms with Crippen molar-refractivity contribution in [2.45, 2.75) is 26.4 Å². The van der Waals surface area contributed by atoms with E-state index in [0.29, 0.717) is 31.1 Å². The highest BCUT2D eigenvalue weighted by Crippen LogP contribution is 2.32. The van der Waals surface area contributed by atoms with E-state index in [9.17, 15) is 9.90 Å². The van der Waals surface area contributed by atoms with Gasteiger partial charge >= 0.3 is 5.97 Å². The third-order valence-corrected chi connectivity index (χ3v) is 3.35. The molecule has 0 bridgehead atoms. The second-order valence-corrected chi connectivity index (χ2v) is 5.63. The average molecular weight is 280 g/mol. The predicted octanol–water partition coefficient (Wildman–Crippen LogP) is 2.13. The Bertz CT molecular complexity index is 491. The number of carboxylic acids is 1. The molecule has 0 aliphatic carbocycles. The molecule has 0 aromatic heterocycles. The van der Waals surface area contributed by atoms with Crippen LogP contribution in [0.15, 0.2) is 18.2 Å². The van der Waals surface area contributed by atoms with Crippen molar-refractivity contribution < 1.29 is 24.1 Å². The van der Waals surface area contributed by atoms with Gasteiger partial charge in [-0.25, -0.2) is 0 Å². The van der Waals surface area contributed by atoms with Crippen LogP contribution in [0.2, 0.25) is 0 Å². The summed E-state index contributed by atoms with van der Waals surface area (Å²) >= 11 is 0. The van der Waals surface area contributed by atoms with Crippen molar-refractivity contribution in [2.75, 3.05) is 20.3 Å². The molecule has 110 valence electrons. The van der Waals surface area contributed by atoms with Crippen molar-refractivity contribution in [3.8, 4) is 11.5 Å². The standard InChI is InChI=1S/C15H20O5/c1-15(2,14(16)17)7-10-4-5-12(13(6-10)18-3)20-11-8-19-9-11/h4-6,11H,7-9H2,1-3H3,(H,16,17). The normalized spacial score (nSPS) is 15.6. The summed E-state index contributed by atoms with van der Waals surface area (Å²) in [5.74, 6) is 0.469. The first-order chi connectivity index (χ1) is 9.42. The molecule has 5 nitrogen and oxygen atoms in total. The molecule has 1 aliphatic heterocycles. The summed E-state index contributed by atoms with van der Waals surface area (Å²) in [5, 5.41) is 9.17. The second kappa shape index (κ2) is 5.71. The Balaban J connectivity index is 2.13. The molecule has 1 heterocycles. The fourth-order valence-corrected chi connectivity index (χ4v) is 1.97. The second-order valence-electron chi connectivity index (χ2n) is 5.63. The van der Waals surface area contributed by atoms with Crippen molar-refractivity contribution in [3.05, 3.63) is 23.8 Å². The van der Waals surface area contributed by atoms with Gasteiger partial charge in [0.1, 0.15) is 6.10 Å². The maximum Gasteiger partial charge on any atom is 0.309 e. The predicted molar refractivity (Wildman–Crippen MR) is 73.3 cm³/mol. The molecule has 0 saturated carbocycles. The summed E-state index contributed by atoms with van der Waals surface area (Å²) in [6.07, 6.45) is 0.510. The lowest BCUT2D eigenvalue weighted by Gasteiger charge is -2.27. The summed E-state index contributed by atoms with van der Waals surface area (Å²) < 4.78 is 16.1. The number of hydrogen-bond donors (Lipinski definition) is 1. The Morgan fingerprint density at radius 2 is 2.10 bits per heavy atom. The molecule has 0 atom stereocenters. The minimum absolute atomic E-state index is 0.0743. The minimum atomic E-state index is -0.816. The zero-order valence-electron chi connectivity index (χ0n) is 12.0. The van der Waals surface area contributed by atoms with E-state index >= 15 is 0 Å². The van der Waals surface area contributed by atoms with E-state index < -0.39 is 11.4 Å². The van der Waals surface area contributed by atoms with Gasteiger partial charge in [0.15, 0.2) is 11.5 Å². The lowest BCUT2D eigenvalue weighted by atomic mass is 9.86. The zero-order chi connectivity index (χ0) is 14.8. The van der Waals surface area contributed by atoms with Gasteiger partial charge in [0.05, 0.1) is 25.7 Å². The van der Waals surface area contributed by atoms with E-state index in [-0.39, 0.29) is 6.10 Å². The van der Waals surface area contributed by atoms with Crippen LogP contribution in [0.4, 0.5) is 0 Å². The van der Waals surface area contributed by atoms with Crippen LogP contribution in [-0.2, 0) is 16.0 Å². The fraction of sp³-hybridized carbons (Fsp3) is 0.533. The van der Waals surface area contributed by atoms with Crippen LogP contribution in [0.5, 0.6) is 11.5 Å². The number of hydrogen-bond acceptors (Lipinski definition) is 4. The van der Waals surface area contributed by atoms with Crippen molar-refractivity contribution in [3.63, 3.8) is 0 Å². The molecular formula is C15H20O5. The number of carbonyl (C=O) groups is 1. The highest BCUT2D eigenvalue weighted by atomic mass is 16.6. The Labute approximate surface area is 118 Å². The van der Waals surface area contributed by atoms with Crippen LogP contribution in [0, 0.1) is 5.41 Å². The van der Waals surface area contributed by atoms with Gasteiger partial charge in [-0.15, -0.1) is 0 Å². The third kappa shape index (κ3) is 3.22. The minimum Gasteiger partial charge on any atom is -0.493 e. The van der Waals surface area contributed by atoms with Crippen LogP contribution < -0.4 is 9.47 Å². The van der Waals surface area contributed by atoms with Gasteiger partial charge in [-0.05, 0) is 38.0 Å². The first kappa shape index (κ1) is 14.7. The van der Waals surface area contributed by atoms with E-state index in [1.54, 1.807) is 21.0 Å². The number of aliphatic carboxylic acids is 1. The number of ether oxygens (including phenoxy) is 3. The Morgan fingerprint density at radius 3 is 2.60 bits per heavy atom. The molecule has 1 fully saturated rings. The van der Waals surface area contributed by atoms with Crippen LogP contribution in [0.3, 0.4) is 0 Å². The molecular weight excluding hydrogens is 260 g/mol. The van der Waals surface area contributed by atoms with Gasteiger partial charge in [0.2, 0.25) is 0 Å². The van der Waals surface area contributed by atoms with E-state index in [4.69, 9.17) is 14.2 Å². The van der Waals surface area contributed by atoms with Crippen LogP contribution in [0.1, 0.15) is 19.4 Å². The van der Waals surface area contributed by atoms with Crippen molar-refractivity contribution in [1.82, 2.24) is 0 Å². The molecule has 2 rings (SSSR count). The molecule has 1 saturated heterocycles. The smallest absolute Gasteiger partial charge is 0.309 e. The topological polar surface area (TPSA) is 65.0 Å².